The van der Waals surface area contributed by atoms with Crippen molar-refractivity contribution >= 4 is 16.9 Å². The van der Waals surface area contributed by atoms with Crippen molar-refractivity contribution in [3.8, 4) is 0 Å². The minimum atomic E-state index is -0.410. The summed E-state index contributed by atoms with van der Waals surface area (Å²) in [4.78, 5) is 21.2. The Morgan fingerprint density at radius 1 is 1.23 bits per heavy atom. The second-order valence-corrected chi connectivity index (χ2v) is 6.66. The van der Waals surface area contributed by atoms with Crippen molar-refractivity contribution in [2.45, 2.75) is 38.3 Å². The average Bonchev–Trinajstić information content (AvgIpc) is 3.15. The maximum Gasteiger partial charge on any atom is 0.251 e. The highest BCUT2D eigenvalue weighted by atomic mass is 16.5. The van der Waals surface area contributed by atoms with E-state index in [0.717, 1.165) is 36.9 Å². The number of amides is 1. The van der Waals surface area contributed by atoms with Gasteiger partial charge < -0.3 is 10.1 Å². The summed E-state index contributed by atoms with van der Waals surface area (Å²) in [6.45, 7) is 3.13. The predicted octanol–water partition coefficient (Wildman–Crippen LogP) is 2.09. The fourth-order valence-corrected chi connectivity index (χ4v) is 3.10. The molecule has 2 N–H and O–H groups in total. The first-order valence-electron chi connectivity index (χ1n) is 8.68. The summed E-state index contributed by atoms with van der Waals surface area (Å²) in [6, 6.07) is 5.19. The molecule has 134 valence electrons. The van der Waals surface area contributed by atoms with E-state index in [-0.39, 0.29) is 5.91 Å². The largest absolute Gasteiger partial charge is 0.367 e. The molecule has 3 aromatic rings. The lowest BCUT2D eigenvalue weighted by atomic mass is 9.95. The van der Waals surface area contributed by atoms with Crippen LogP contribution in [0.15, 0.2) is 30.6 Å². The third-order valence-corrected chi connectivity index (χ3v) is 4.68. The van der Waals surface area contributed by atoms with Crippen molar-refractivity contribution in [1.82, 2.24) is 30.7 Å². The predicted molar refractivity (Wildman–Crippen MR) is 94.2 cm³/mol. The quantitative estimate of drug-likeness (QED) is 0.745. The van der Waals surface area contributed by atoms with Crippen LogP contribution in [0.2, 0.25) is 0 Å². The van der Waals surface area contributed by atoms with Crippen LogP contribution in [-0.4, -0.2) is 37.9 Å². The summed E-state index contributed by atoms with van der Waals surface area (Å²) in [6.07, 6.45) is 6.61. The lowest BCUT2D eigenvalue weighted by Gasteiger charge is -2.32. The Hall–Kier alpha value is -2.87. The van der Waals surface area contributed by atoms with Gasteiger partial charge in [0, 0.05) is 36.7 Å². The van der Waals surface area contributed by atoms with Crippen LogP contribution in [0.25, 0.3) is 11.0 Å². The van der Waals surface area contributed by atoms with Gasteiger partial charge in [-0.15, -0.1) is 0 Å². The van der Waals surface area contributed by atoms with Gasteiger partial charge in [-0.05, 0) is 44.4 Å². The monoisotopic (exact) mass is 352 g/mol. The number of nitrogens with zero attached hydrogens (tertiary/aromatic N) is 4. The van der Waals surface area contributed by atoms with Crippen LogP contribution < -0.4 is 5.32 Å². The van der Waals surface area contributed by atoms with E-state index in [1.54, 1.807) is 30.6 Å². The number of hydrogen-bond acceptors (Lipinski definition) is 6. The zero-order valence-electron chi connectivity index (χ0n) is 14.5. The second kappa shape index (κ2) is 6.80. The summed E-state index contributed by atoms with van der Waals surface area (Å²) >= 11 is 0. The van der Waals surface area contributed by atoms with Crippen LogP contribution in [0.3, 0.4) is 0 Å². The molecule has 8 heteroatoms. The van der Waals surface area contributed by atoms with Crippen molar-refractivity contribution in [2.24, 2.45) is 0 Å². The van der Waals surface area contributed by atoms with Crippen molar-refractivity contribution in [3.05, 3.63) is 47.5 Å². The Kier molecular flexibility index (Phi) is 4.34. The average molecular weight is 352 g/mol. The van der Waals surface area contributed by atoms with Gasteiger partial charge in [0.15, 0.2) is 5.82 Å². The number of fused-ring (bicyclic) bond motifs is 1. The van der Waals surface area contributed by atoms with Crippen molar-refractivity contribution in [2.75, 3.05) is 6.61 Å². The van der Waals surface area contributed by atoms with E-state index in [1.807, 2.05) is 6.92 Å². The first-order chi connectivity index (χ1) is 12.6. The highest BCUT2D eigenvalue weighted by Crippen LogP contribution is 2.32. The molecule has 1 aliphatic rings. The molecular weight excluding hydrogens is 332 g/mol. The number of nitrogens with one attached hydrogen (secondary N) is 2. The number of ether oxygens (including phenoxy) is 1. The molecule has 0 bridgehead atoms. The molecule has 2 aromatic heterocycles. The number of aromatic nitrogens is 5. The van der Waals surface area contributed by atoms with E-state index < -0.39 is 5.60 Å². The van der Waals surface area contributed by atoms with E-state index in [9.17, 15) is 4.79 Å². The van der Waals surface area contributed by atoms with Crippen molar-refractivity contribution < 1.29 is 9.53 Å². The van der Waals surface area contributed by atoms with Crippen LogP contribution in [0.5, 0.6) is 0 Å². The van der Waals surface area contributed by atoms with E-state index >= 15 is 0 Å². The Labute approximate surface area is 150 Å². The Balaban J connectivity index is 1.40. The number of carbonyl (C=O) groups excluding carboxylic acids is 1. The van der Waals surface area contributed by atoms with Gasteiger partial charge in [0.1, 0.15) is 16.6 Å². The number of hydrogen-bond donors (Lipinski definition) is 2. The first kappa shape index (κ1) is 16.6. The lowest BCUT2D eigenvalue weighted by molar-refractivity contribution is -0.0760. The molecule has 3 heterocycles. The lowest BCUT2D eigenvalue weighted by Crippen LogP contribution is -2.32. The Bertz CT molecular complexity index is 915. The zero-order valence-corrected chi connectivity index (χ0v) is 14.5. The summed E-state index contributed by atoms with van der Waals surface area (Å²) < 4.78 is 5.87. The number of aromatic amines is 1. The maximum absolute atomic E-state index is 12.3. The van der Waals surface area contributed by atoms with Crippen molar-refractivity contribution in [3.63, 3.8) is 0 Å². The van der Waals surface area contributed by atoms with E-state index in [0.29, 0.717) is 23.4 Å². The molecular formula is C18H20N6O2. The molecule has 1 aliphatic heterocycles. The highest BCUT2D eigenvalue weighted by molar-refractivity contribution is 5.97. The highest BCUT2D eigenvalue weighted by Gasteiger charge is 2.32. The summed E-state index contributed by atoms with van der Waals surface area (Å²) in [5.41, 5.74) is 2.35. The van der Waals surface area contributed by atoms with E-state index in [2.05, 4.69) is 30.7 Å². The summed E-state index contributed by atoms with van der Waals surface area (Å²) in [5, 5.41) is 13.4. The van der Waals surface area contributed by atoms with Gasteiger partial charge in [0.25, 0.3) is 5.91 Å². The molecule has 0 radical (unpaired) electrons. The van der Waals surface area contributed by atoms with Crippen LogP contribution in [-0.2, 0) is 16.9 Å². The van der Waals surface area contributed by atoms with Gasteiger partial charge in [-0.25, -0.2) is 9.97 Å². The van der Waals surface area contributed by atoms with Crippen LogP contribution in [0.4, 0.5) is 0 Å². The maximum atomic E-state index is 12.3. The summed E-state index contributed by atoms with van der Waals surface area (Å²) in [7, 11) is 0. The Morgan fingerprint density at radius 3 is 2.81 bits per heavy atom. The third-order valence-electron chi connectivity index (χ3n) is 4.68. The molecule has 1 amide bonds. The smallest absolute Gasteiger partial charge is 0.251 e. The number of benzene rings is 1. The number of H-pyrrole nitrogens is 1. The fourth-order valence-electron chi connectivity index (χ4n) is 3.10. The molecule has 1 saturated heterocycles. The van der Waals surface area contributed by atoms with Gasteiger partial charge in [0.2, 0.25) is 0 Å². The topological polar surface area (TPSA) is 106 Å². The van der Waals surface area contributed by atoms with Crippen molar-refractivity contribution in [1.29, 1.82) is 0 Å². The van der Waals surface area contributed by atoms with E-state index in [1.165, 1.54) is 0 Å². The molecule has 0 spiro atoms. The number of carbonyl (C=O) groups is 1. The molecule has 1 unspecified atom stereocenters. The molecule has 1 atom stereocenters. The molecule has 1 fully saturated rings. The molecule has 8 nitrogen and oxygen atoms in total. The molecule has 26 heavy (non-hydrogen) atoms. The first-order valence-corrected chi connectivity index (χ1v) is 8.68. The SMILES string of the molecule is CC1(c2ncc(CNC(=O)c3ccc4n[nH]nc4c3)cn2)CCCCO1. The fraction of sp³-hybridized carbons (Fsp3) is 0.389. The van der Waals surface area contributed by atoms with Gasteiger partial charge in [-0.3, -0.25) is 4.79 Å². The normalized spacial score (nSPS) is 20.2. The van der Waals surface area contributed by atoms with Crippen LogP contribution >= 0.6 is 0 Å². The molecule has 1 aromatic carbocycles. The van der Waals surface area contributed by atoms with Crippen LogP contribution in [0.1, 0.15) is 47.9 Å². The summed E-state index contributed by atoms with van der Waals surface area (Å²) in [5.74, 6) is 0.519. The van der Waals surface area contributed by atoms with Gasteiger partial charge >= 0.3 is 0 Å². The molecule has 4 rings (SSSR count). The third kappa shape index (κ3) is 3.28. The molecule has 0 aliphatic carbocycles. The second-order valence-electron chi connectivity index (χ2n) is 6.66. The van der Waals surface area contributed by atoms with Gasteiger partial charge in [-0.1, -0.05) is 0 Å². The van der Waals surface area contributed by atoms with E-state index in [4.69, 9.17) is 4.74 Å². The van der Waals surface area contributed by atoms with Gasteiger partial charge in [-0.2, -0.15) is 15.4 Å². The Morgan fingerprint density at radius 2 is 2.04 bits per heavy atom. The minimum absolute atomic E-state index is 0.179. The zero-order chi connectivity index (χ0) is 18.0. The molecule has 0 saturated carbocycles. The minimum Gasteiger partial charge on any atom is -0.367 e. The van der Waals surface area contributed by atoms with Gasteiger partial charge in [0.05, 0.1) is 0 Å². The number of rotatable bonds is 4. The van der Waals surface area contributed by atoms with Crippen LogP contribution in [0, 0.1) is 0 Å². The standard InChI is InChI=1S/C18H20N6O2/c1-18(6-2-3-7-26-18)17-20-10-12(11-21-17)9-19-16(25)13-4-5-14-15(8-13)23-24-22-14/h4-5,8,10-11H,2-3,6-7,9H2,1H3,(H,19,25)(H,22,23,24).